The Balaban J connectivity index is 0.000000606. The molecule has 0 bridgehead atoms. The van der Waals surface area contributed by atoms with Crippen molar-refractivity contribution in [2.45, 2.75) is 13.8 Å². The van der Waals surface area contributed by atoms with Crippen LogP contribution >= 0.6 is 0 Å². The van der Waals surface area contributed by atoms with Crippen LogP contribution in [0.5, 0.6) is 0 Å². The molecule has 0 fully saturated rings. The van der Waals surface area contributed by atoms with E-state index in [0.29, 0.717) is 5.52 Å². The number of aromatic carboxylic acids is 1. The molecule has 0 aliphatic rings. The van der Waals surface area contributed by atoms with Crippen molar-refractivity contribution < 1.29 is 9.90 Å². The third kappa shape index (κ3) is 2.08. The number of pyridine rings is 2. The maximum atomic E-state index is 11.5. The molecule has 2 rings (SSSR count). The summed E-state index contributed by atoms with van der Waals surface area (Å²) < 4.78 is 0. The Morgan fingerprint density at radius 1 is 1.44 bits per heavy atom. The second-order valence-electron chi connectivity index (χ2n) is 2.74. The highest BCUT2D eigenvalue weighted by Gasteiger charge is 2.11. The SMILES string of the molecule is CC.O=C(O)c1c[nH]c2cccnc2c1=O. The van der Waals surface area contributed by atoms with Crippen LogP contribution in [-0.4, -0.2) is 21.0 Å². The van der Waals surface area contributed by atoms with E-state index in [0.717, 1.165) is 0 Å². The Morgan fingerprint density at radius 2 is 2.12 bits per heavy atom. The van der Waals surface area contributed by atoms with E-state index in [4.69, 9.17) is 5.11 Å². The lowest BCUT2D eigenvalue weighted by Crippen LogP contribution is -2.16. The number of H-pyrrole nitrogens is 1. The first-order chi connectivity index (χ1) is 7.70. The number of hydrogen-bond acceptors (Lipinski definition) is 3. The summed E-state index contributed by atoms with van der Waals surface area (Å²) in [4.78, 5) is 28.6. The summed E-state index contributed by atoms with van der Waals surface area (Å²) >= 11 is 0. The third-order valence-electron chi connectivity index (χ3n) is 1.87. The normalized spacial score (nSPS) is 9.38. The second-order valence-corrected chi connectivity index (χ2v) is 2.74. The molecule has 0 unspecified atom stereocenters. The van der Waals surface area contributed by atoms with Crippen molar-refractivity contribution in [3.8, 4) is 0 Å². The van der Waals surface area contributed by atoms with E-state index in [9.17, 15) is 9.59 Å². The molecule has 0 saturated carbocycles. The molecule has 2 N–H and O–H groups in total. The number of carbonyl (C=O) groups is 1. The smallest absolute Gasteiger partial charge is 0.341 e. The van der Waals surface area contributed by atoms with Crippen LogP contribution in [0.2, 0.25) is 0 Å². The molecule has 5 heteroatoms. The molecule has 0 radical (unpaired) electrons. The van der Waals surface area contributed by atoms with Crippen molar-refractivity contribution in [2.24, 2.45) is 0 Å². The van der Waals surface area contributed by atoms with Gasteiger partial charge in [-0.3, -0.25) is 9.78 Å². The van der Waals surface area contributed by atoms with Crippen LogP contribution in [0, 0.1) is 0 Å². The molecule has 2 aromatic heterocycles. The van der Waals surface area contributed by atoms with E-state index < -0.39 is 11.4 Å². The van der Waals surface area contributed by atoms with Gasteiger partial charge in [0.1, 0.15) is 11.1 Å². The molecule has 0 spiro atoms. The largest absolute Gasteiger partial charge is 0.477 e. The number of carboxylic acid groups (broad SMARTS) is 1. The van der Waals surface area contributed by atoms with Gasteiger partial charge in [-0.05, 0) is 12.1 Å². The number of hydrogen-bond donors (Lipinski definition) is 2. The van der Waals surface area contributed by atoms with Gasteiger partial charge in [0, 0.05) is 12.4 Å². The summed E-state index contributed by atoms with van der Waals surface area (Å²) in [5.74, 6) is -1.25. The topological polar surface area (TPSA) is 83.0 Å². The summed E-state index contributed by atoms with van der Waals surface area (Å²) in [5, 5.41) is 8.68. The van der Waals surface area contributed by atoms with E-state index in [2.05, 4.69) is 9.97 Å². The lowest BCUT2D eigenvalue weighted by Gasteiger charge is -1.97. The van der Waals surface area contributed by atoms with Gasteiger partial charge in [0.15, 0.2) is 0 Å². The lowest BCUT2D eigenvalue weighted by atomic mass is 10.2. The number of aromatic nitrogens is 2. The van der Waals surface area contributed by atoms with Crippen LogP contribution in [0.25, 0.3) is 11.0 Å². The fourth-order valence-corrected chi connectivity index (χ4v) is 1.20. The molecule has 84 valence electrons. The summed E-state index contributed by atoms with van der Waals surface area (Å²) in [6.45, 7) is 4.00. The van der Waals surface area contributed by atoms with Gasteiger partial charge in [-0.1, -0.05) is 13.8 Å². The lowest BCUT2D eigenvalue weighted by molar-refractivity contribution is 0.0695. The minimum absolute atomic E-state index is 0.146. The van der Waals surface area contributed by atoms with Gasteiger partial charge in [-0.15, -0.1) is 0 Å². The summed E-state index contributed by atoms with van der Waals surface area (Å²) in [6, 6.07) is 3.33. The first-order valence-corrected chi connectivity index (χ1v) is 4.90. The Bertz CT molecular complexity index is 560. The number of carboxylic acids is 1. The molecule has 0 aliphatic heterocycles. The van der Waals surface area contributed by atoms with E-state index in [1.165, 1.54) is 12.4 Å². The number of nitrogens with one attached hydrogen (secondary N) is 1. The number of rotatable bonds is 1. The van der Waals surface area contributed by atoms with E-state index >= 15 is 0 Å². The number of aromatic amines is 1. The predicted octanol–water partition coefficient (Wildman–Crippen LogP) is 1.65. The highest BCUT2D eigenvalue weighted by molar-refractivity contribution is 5.90. The van der Waals surface area contributed by atoms with Crippen molar-refractivity contribution in [1.82, 2.24) is 9.97 Å². The molecule has 0 amide bonds. The Labute approximate surface area is 91.8 Å². The molecule has 2 heterocycles. The van der Waals surface area contributed by atoms with Gasteiger partial charge in [0.25, 0.3) is 0 Å². The maximum Gasteiger partial charge on any atom is 0.341 e. The van der Waals surface area contributed by atoms with Gasteiger partial charge in [0.2, 0.25) is 5.43 Å². The molecule has 0 saturated heterocycles. The van der Waals surface area contributed by atoms with Crippen LogP contribution in [-0.2, 0) is 0 Å². The predicted molar refractivity (Wildman–Crippen MR) is 60.7 cm³/mol. The molecule has 5 nitrogen and oxygen atoms in total. The van der Waals surface area contributed by atoms with Crippen molar-refractivity contribution in [3.05, 3.63) is 40.3 Å². The quantitative estimate of drug-likeness (QED) is 0.765. The molecule has 0 aliphatic carbocycles. The molecule has 16 heavy (non-hydrogen) atoms. The average molecular weight is 220 g/mol. The molecule has 0 aromatic carbocycles. The fraction of sp³-hybridized carbons (Fsp3) is 0.182. The van der Waals surface area contributed by atoms with Crippen molar-refractivity contribution in [2.75, 3.05) is 0 Å². The van der Waals surface area contributed by atoms with Gasteiger partial charge in [0.05, 0.1) is 5.52 Å². The fourth-order valence-electron chi connectivity index (χ4n) is 1.20. The second kappa shape index (κ2) is 5.06. The van der Waals surface area contributed by atoms with Crippen LogP contribution in [0.4, 0.5) is 0 Å². The van der Waals surface area contributed by atoms with Crippen molar-refractivity contribution >= 4 is 17.0 Å². The average Bonchev–Trinajstić information content (AvgIpc) is 2.32. The van der Waals surface area contributed by atoms with Gasteiger partial charge < -0.3 is 10.1 Å². The van der Waals surface area contributed by atoms with Crippen LogP contribution in [0.15, 0.2) is 29.3 Å². The summed E-state index contributed by atoms with van der Waals surface area (Å²) in [5.41, 5.74) is -0.182. The summed E-state index contributed by atoms with van der Waals surface area (Å²) in [7, 11) is 0. The molecular formula is C11H12N2O3. The van der Waals surface area contributed by atoms with Gasteiger partial charge >= 0.3 is 5.97 Å². The zero-order valence-corrected chi connectivity index (χ0v) is 9.02. The molecular weight excluding hydrogens is 208 g/mol. The summed E-state index contributed by atoms with van der Waals surface area (Å²) in [6.07, 6.45) is 2.62. The van der Waals surface area contributed by atoms with Gasteiger partial charge in [-0.25, -0.2) is 4.79 Å². The number of nitrogens with zero attached hydrogens (tertiary/aromatic N) is 1. The minimum Gasteiger partial charge on any atom is -0.477 e. The van der Waals surface area contributed by atoms with Gasteiger partial charge in [-0.2, -0.15) is 0 Å². The van der Waals surface area contributed by atoms with Crippen molar-refractivity contribution in [3.63, 3.8) is 0 Å². The Kier molecular flexibility index (Phi) is 3.77. The van der Waals surface area contributed by atoms with E-state index in [-0.39, 0.29) is 11.1 Å². The van der Waals surface area contributed by atoms with E-state index in [1.54, 1.807) is 12.1 Å². The maximum absolute atomic E-state index is 11.5. The highest BCUT2D eigenvalue weighted by atomic mass is 16.4. The minimum atomic E-state index is -1.25. The molecule has 2 aromatic rings. The first kappa shape index (κ1) is 11.9. The zero-order valence-electron chi connectivity index (χ0n) is 9.02. The van der Waals surface area contributed by atoms with Crippen LogP contribution < -0.4 is 5.43 Å². The van der Waals surface area contributed by atoms with E-state index in [1.807, 2.05) is 13.8 Å². The van der Waals surface area contributed by atoms with Crippen molar-refractivity contribution in [1.29, 1.82) is 0 Å². The van der Waals surface area contributed by atoms with Crippen LogP contribution in [0.3, 0.4) is 0 Å². The Hall–Kier alpha value is -2.17. The standard InChI is InChI=1S/C9H6N2O3.C2H6/c12-8-5(9(13)14)4-11-6-2-1-3-10-7(6)8;1-2/h1-4H,(H,11,12)(H,13,14);1-2H3. The monoisotopic (exact) mass is 220 g/mol. The Morgan fingerprint density at radius 3 is 2.75 bits per heavy atom. The first-order valence-electron chi connectivity index (χ1n) is 4.90. The highest BCUT2D eigenvalue weighted by Crippen LogP contribution is 2.03. The number of fused-ring (bicyclic) bond motifs is 1. The molecule has 0 atom stereocenters. The third-order valence-corrected chi connectivity index (χ3v) is 1.87. The zero-order chi connectivity index (χ0) is 12.1. The van der Waals surface area contributed by atoms with Crippen LogP contribution in [0.1, 0.15) is 24.2 Å².